The van der Waals surface area contributed by atoms with Crippen molar-refractivity contribution in [2.24, 2.45) is 0 Å². The Hall–Kier alpha value is -2.40. The fourth-order valence-corrected chi connectivity index (χ4v) is 2.00. The van der Waals surface area contributed by atoms with Crippen LogP contribution in [0.4, 0.5) is 4.39 Å². The van der Waals surface area contributed by atoms with Gasteiger partial charge in [-0.05, 0) is 35.9 Å². The van der Waals surface area contributed by atoms with Crippen molar-refractivity contribution in [3.05, 3.63) is 58.4 Å². The van der Waals surface area contributed by atoms with Crippen LogP contribution in [0.3, 0.4) is 0 Å². The summed E-state index contributed by atoms with van der Waals surface area (Å²) in [6.45, 7) is 0. The molecule has 0 unspecified atom stereocenters. The van der Waals surface area contributed by atoms with Crippen molar-refractivity contribution >= 4 is 23.5 Å². The van der Waals surface area contributed by atoms with E-state index in [1.807, 2.05) is 0 Å². The van der Waals surface area contributed by atoms with Crippen molar-refractivity contribution in [3.8, 4) is 11.1 Å². The van der Waals surface area contributed by atoms with Crippen molar-refractivity contribution in [2.75, 3.05) is 0 Å². The second-order valence-electron chi connectivity index (χ2n) is 4.00. The first kappa shape index (κ1) is 14.0. The lowest BCUT2D eigenvalue weighted by Gasteiger charge is -2.07. The molecular weight excluding hydrogens is 287 g/mol. The van der Waals surface area contributed by atoms with Crippen molar-refractivity contribution < 1.29 is 24.2 Å². The molecule has 0 aromatic heterocycles. The van der Waals surface area contributed by atoms with Gasteiger partial charge in [0.1, 0.15) is 5.82 Å². The molecule has 0 bridgehead atoms. The van der Waals surface area contributed by atoms with Gasteiger partial charge in [0.05, 0.1) is 16.1 Å². The van der Waals surface area contributed by atoms with Crippen LogP contribution < -0.4 is 0 Å². The largest absolute Gasteiger partial charge is 0.478 e. The molecule has 2 N–H and O–H groups in total. The van der Waals surface area contributed by atoms with Crippen LogP contribution in [-0.4, -0.2) is 22.2 Å². The highest BCUT2D eigenvalue weighted by Gasteiger charge is 2.13. The normalized spacial score (nSPS) is 10.3. The fourth-order valence-electron chi connectivity index (χ4n) is 1.74. The number of rotatable bonds is 3. The summed E-state index contributed by atoms with van der Waals surface area (Å²) in [6, 6.07) is 7.26. The van der Waals surface area contributed by atoms with E-state index in [9.17, 15) is 14.0 Å². The summed E-state index contributed by atoms with van der Waals surface area (Å²) in [6.07, 6.45) is 0. The summed E-state index contributed by atoms with van der Waals surface area (Å²) in [5, 5.41) is 17.7. The third kappa shape index (κ3) is 2.62. The van der Waals surface area contributed by atoms with Crippen LogP contribution >= 0.6 is 11.6 Å². The number of hydrogen-bond donors (Lipinski definition) is 2. The van der Waals surface area contributed by atoms with Gasteiger partial charge in [-0.15, -0.1) is 0 Å². The molecule has 20 heavy (non-hydrogen) atoms. The number of carbonyl (C=O) groups is 2. The molecule has 0 atom stereocenters. The van der Waals surface area contributed by atoms with Crippen molar-refractivity contribution in [2.45, 2.75) is 0 Å². The lowest BCUT2D eigenvalue weighted by molar-refractivity contribution is 0.0686. The van der Waals surface area contributed by atoms with Crippen LogP contribution in [0.1, 0.15) is 20.7 Å². The van der Waals surface area contributed by atoms with Crippen LogP contribution in [0.25, 0.3) is 11.1 Å². The minimum Gasteiger partial charge on any atom is -0.478 e. The number of carboxylic acids is 2. The monoisotopic (exact) mass is 294 g/mol. The third-order valence-corrected chi connectivity index (χ3v) is 3.04. The molecule has 0 saturated heterocycles. The maximum absolute atomic E-state index is 13.8. The fraction of sp³-hybridized carbons (Fsp3) is 0. The molecule has 4 nitrogen and oxygen atoms in total. The van der Waals surface area contributed by atoms with Gasteiger partial charge in [-0.2, -0.15) is 0 Å². The quantitative estimate of drug-likeness (QED) is 0.908. The van der Waals surface area contributed by atoms with Gasteiger partial charge in [0, 0.05) is 5.56 Å². The number of halogens is 2. The average molecular weight is 295 g/mol. The van der Waals surface area contributed by atoms with Crippen molar-refractivity contribution in [1.82, 2.24) is 0 Å². The molecule has 0 spiro atoms. The zero-order valence-corrected chi connectivity index (χ0v) is 10.7. The van der Waals surface area contributed by atoms with E-state index < -0.39 is 17.8 Å². The second kappa shape index (κ2) is 5.30. The molecule has 0 aliphatic rings. The Morgan fingerprint density at radius 3 is 2.25 bits per heavy atom. The Bertz CT molecular complexity index is 712. The Labute approximate surface area is 118 Å². The van der Waals surface area contributed by atoms with E-state index in [4.69, 9.17) is 21.8 Å². The predicted molar refractivity (Wildman–Crippen MR) is 70.8 cm³/mol. The van der Waals surface area contributed by atoms with Gasteiger partial charge < -0.3 is 10.2 Å². The summed E-state index contributed by atoms with van der Waals surface area (Å²) < 4.78 is 13.8. The van der Waals surface area contributed by atoms with Gasteiger partial charge in [0.2, 0.25) is 0 Å². The molecule has 0 saturated carbocycles. The lowest BCUT2D eigenvalue weighted by Crippen LogP contribution is -1.99. The SMILES string of the molecule is O=C(O)c1ccc(F)c(-c2ccc(C(=O)O)c(Cl)c2)c1. The van der Waals surface area contributed by atoms with Gasteiger partial charge >= 0.3 is 11.9 Å². The molecule has 0 heterocycles. The Kier molecular flexibility index (Phi) is 3.72. The molecule has 2 rings (SSSR count). The van der Waals surface area contributed by atoms with Crippen LogP contribution in [-0.2, 0) is 0 Å². The number of aromatic carboxylic acids is 2. The molecule has 102 valence electrons. The maximum Gasteiger partial charge on any atom is 0.337 e. The molecule has 0 aliphatic carbocycles. The zero-order chi connectivity index (χ0) is 14.9. The topological polar surface area (TPSA) is 74.6 Å². The zero-order valence-electron chi connectivity index (χ0n) is 9.93. The highest BCUT2D eigenvalue weighted by atomic mass is 35.5. The molecule has 0 amide bonds. The summed E-state index contributed by atoms with van der Waals surface area (Å²) in [5.74, 6) is -2.99. The maximum atomic E-state index is 13.8. The molecule has 2 aromatic rings. The van der Waals surface area contributed by atoms with E-state index in [1.54, 1.807) is 0 Å². The minimum atomic E-state index is -1.19. The van der Waals surface area contributed by atoms with Crippen LogP contribution in [0.2, 0.25) is 5.02 Å². The van der Waals surface area contributed by atoms with Gasteiger partial charge in [-0.1, -0.05) is 17.7 Å². The molecule has 6 heteroatoms. The molecule has 0 radical (unpaired) electrons. The lowest BCUT2D eigenvalue weighted by atomic mass is 10.0. The third-order valence-electron chi connectivity index (χ3n) is 2.72. The second-order valence-corrected chi connectivity index (χ2v) is 4.41. The Balaban J connectivity index is 2.56. The van der Waals surface area contributed by atoms with Gasteiger partial charge in [0.25, 0.3) is 0 Å². The number of hydrogen-bond acceptors (Lipinski definition) is 2. The predicted octanol–water partition coefficient (Wildman–Crippen LogP) is 3.54. The van der Waals surface area contributed by atoms with Crippen LogP contribution in [0.15, 0.2) is 36.4 Å². The number of carboxylic acid groups (broad SMARTS) is 2. The van der Waals surface area contributed by atoms with E-state index in [1.165, 1.54) is 24.3 Å². The number of benzene rings is 2. The van der Waals surface area contributed by atoms with Crippen molar-refractivity contribution in [3.63, 3.8) is 0 Å². The molecule has 2 aromatic carbocycles. The van der Waals surface area contributed by atoms with Crippen molar-refractivity contribution in [1.29, 1.82) is 0 Å². The Morgan fingerprint density at radius 2 is 1.70 bits per heavy atom. The van der Waals surface area contributed by atoms with E-state index in [2.05, 4.69) is 0 Å². The Morgan fingerprint density at radius 1 is 1.00 bits per heavy atom. The summed E-state index contributed by atoms with van der Waals surface area (Å²) >= 11 is 5.81. The summed E-state index contributed by atoms with van der Waals surface area (Å²) in [4.78, 5) is 21.7. The average Bonchev–Trinajstić information content (AvgIpc) is 2.38. The smallest absolute Gasteiger partial charge is 0.337 e. The molecular formula is C14H8ClFO4. The van der Waals surface area contributed by atoms with E-state index >= 15 is 0 Å². The summed E-state index contributed by atoms with van der Waals surface area (Å²) in [5.41, 5.74) is 0.175. The summed E-state index contributed by atoms with van der Waals surface area (Å²) in [7, 11) is 0. The van der Waals surface area contributed by atoms with Gasteiger partial charge in [-0.3, -0.25) is 0 Å². The minimum absolute atomic E-state index is 0.0451. The van der Waals surface area contributed by atoms with E-state index in [-0.39, 0.29) is 21.7 Å². The highest BCUT2D eigenvalue weighted by Crippen LogP contribution is 2.28. The van der Waals surface area contributed by atoms with E-state index in [0.717, 1.165) is 12.1 Å². The first-order chi connectivity index (χ1) is 9.40. The standard InChI is InChI=1S/C14H8ClFO4/c15-11-6-7(1-3-9(11)14(19)20)10-5-8(13(17)18)2-4-12(10)16/h1-6H,(H,17,18)(H,19,20). The molecule has 0 fully saturated rings. The first-order valence-electron chi connectivity index (χ1n) is 5.46. The molecule has 0 aliphatic heterocycles. The van der Waals surface area contributed by atoms with Gasteiger partial charge in [0.15, 0.2) is 0 Å². The van der Waals surface area contributed by atoms with E-state index in [0.29, 0.717) is 5.56 Å². The first-order valence-corrected chi connectivity index (χ1v) is 5.84. The van der Waals surface area contributed by atoms with Gasteiger partial charge in [-0.25, -0.2) is 14.0 Å². The van der Waals surface area contributed by atoms with Crippen LogP contribution in [0, 0.1) is 5.82 Å². The van der Waals surface area contributed by atoms with Crippen LogP contribution in [0.5, 0.6) is 0 Å². The highest BCUT2D eigenvalue weighted by molar-refractivity contribution is 6.33.